The van der Waals surface area contributed by atoms with Gasteiger partial charge in [-0.25, -0.2) is 18.2 Å². The molecule has 0 bridgehead atoms. The van der Waals surface area contributed by atoms with Gasteiger partial charge in [0.15, 0.2) is 5.69 Å². The van der Waals surface area contributed by atoms with Crippen LogP contribution in [-0.4, -0.2) is 18.2 Å². The van der Waals surface area contributed by atoms with Crippen LogP contribution in [0.25, 0.3) is 11.3 Å². The number of hydrogen-bond donors (Lipinski definition) is 1. The van der Waals surface area contributed by atoms with Crippen molar-refractivity contribution < 1.29 is 21.6 Å². The smallest absolute Gasteiger partial charge is 0.231 e. The van der Waals surface area contributed by atoms with E-state index in [1.54, 1.807) is 0 Å². The summed E-state index contributed by atoms with van der Waals surface area (Å²) in [6.45, 7) is 0. The van der Waals surface area contributed by atoms with Crippen LogP contribution in [-0.2, 0) is 16.2 Å². The van der Waals surface area contributed by atoms with E-state index in [2.05, 4.69) is 5.10 Å². The van der Waals surface area contributed by atoms with Crippen molar-refractivity contribution in [3.8, 4) is 5.69 Å². The minimum atomic E-state index is -4.63. The van der Waals surface area contributed by atoms with Gasteiger partial charge in [0.05, 0.1) is 11.4 Å². The van der Waals surface area contributed by atoms with Crippen molar-refractivity contribution in [1.29, 1.82) is 0 Å². The zero-order valence-corrected chi connectivity index (χ0v) is 13.2. The van der Waals surface area contributed by atoms with E-state index in [1.807, 2.05) is 6.08 Å². The summed E-state index contributed by atoms with van der Waals surface area (Å²) in [4.78, 5) is -0.276. The Kier molecular flexibility index (Phi) is 4.00. The lowest BCUT2D eigenvalue weighted by molar-refractivity contribution is -0.141. The molecule has 0 fully saturated rings. The van der Waals surface area contributed by atoms with Crippen LogP contribution < -0.4 is 5.14 Å². The first kappa shape index (κ1) is 16.7. The summed E-state index contributed by atoms with van der Waals surface area (Å²) in [5, 5.41) is 8.79. The second-order valence-corrected chi connectivity index (χ2v) is 6.99. The van der Waals surface area contributed by atoms with Gasteiger partial charge in [-0.15, -0.1) is 0 Å². The van der Waals surface area contributed by atoms with Gasteiger partial charge >= 0.3 is 6.18 Å². The second kappa shape index (κ2) is 5.75. The molecule has 24 heavy (non-hydrogen) atoms. The Bertz CT molecular complexity index is 914. The third-order valence-electron chi connectivity index (χ3n) is 3.77. The average Bonchev–Trinajstić information content (AvgIpc) is 3.14. The van der Waals surface area contributed by atoms with E-state index in [-0.39, 0.29) is 16.3 Å². The lowest BCUT2D eigenvalue weighted by Crippen LogP contribution is -2.16. The Morgan fingerprint density at radius 2 is 1.92 bits per heavy atom. The van der Waals surface area contributed by atoms with E-state index in [0.717, 1.165) is 23.6 Å². The highest BCUT2D eigenvalue weighted by Gasteiger charge is 2.36. The maximum absolute atomic E-state index is 13.1. The molecule has 1 aromatic heterocycles. The molecule has 2 N–H and O–H groups in total. The van der Waals surface area contributed by atoms with E-state index in [1.165, 1.54) is 24.3 Å². The van der Waals surface area contributed by atoms with E-state index >= 15 is 0 Å². The molecule has 1 aromatic carbocycles. The van der Waals surface area contributed by atoms with Crippen LogP contribution in [0.2, 0.25) is 0 Å². The van der Waals surface area contributed by atoms with Crippen LogP contribution in [0.15, 0.2) is 41.3 Å². The molecule has 0 saturated heterocycles. The monoisotopic (exact) mass is 357 g/mol. The highest BCUT2D eigenvalue weighted by molar-refractivity contribution is 7.89. The number of halogens is 3. The summed E-state index contributed by atoms with van der Waals surface area (Å²) in [5.41, 5.74) is -0.133. The van der Waals surface area contributed by atoms with Gasteiger partial charge in [0.2, 0.25) is 10.0 Å². The number of alkyl halides is 3. The molecule has 5 nitrogen and oxygen atoms in total. The number of primary sulfonamides is 1. The van der Waals surface area contributed by atoms with Crippen molar-refractivity contribution in [1.82, 2.24) is 9.78 Å². The minimum absolute atomic E-state index is 0.00157. The predicted molar refractivity (Wildman–Crippen MR) is 81.8 cm³/mol. The van der Waals surface area contributed by atoms with E-state index in [4.69, 9.17) is 5.14 Å². The highest BCUT2D eigenvalue weighted by atomic mass is 32.2. The van der Waals surface area contributed by atoms with Crippen molar-refractivity contribution in [3.63, 3.8) is 0 Å². The average molecular weight is 357 g/mol. The lowest BCUT2D eigenvalue weighted by Gasteiger charge is -2.11. The van der Waals surface area contributed by atoms with Gasteiger partial charge in [-0.2, -0.15) is 18.3 Å². The Labute approximate surface area is 136 Å². The molecule has 0 saturated carbocycles. The molecule has 0 aliphatic heterocycles. The largest absolute Gasteiger partial charge is 0.435 e. The first-order valence-electron chi connectivity index (χ1n) is 7.17. The molecule has 2 aromatic rings. The van der Waals surface area contributed by atoms with Crippen LogP contribution in [0.5, 0.6) is 0 Å². The molecule has 1 aliphatic carbocycles. The van der Waals surface area contributed by atoms with Gasteiger partial charge in [0.1, 0.15) is 4.90 Å². The standard InChI is InChI=1S/C15H14F3N3O2S/c16-15(17,18)14-9-12(10-5-1-2-6-10)21(20-14)11-7-3-4-8-13(11)24(19,22)23/h3-5,7-9H,1-2,6H2,(H2,19,22,23). The quantitative estimate of drug-likeness (QED) is 0.917. The number of benzene rings is 1. The van der Waals surface area contributed by atoms with Crippen molar-refractivity contribution >= 4 is 15.6 Å². The van der Waals surface area contributed by atoms with Gasteiger partial charge in [0, 0.05) is 0 Å². The van der Waals surface area contributed by atoms with E-state index in [0.29, 0.717) is 12.0 Å². The zero-order chi connectivity index (χ0) is 17.5. The highest BCUT2D eigenvalue weighted by Crippen LogP contribution is 2.35. The van der Waals surface area contributed by atoms with Crippen LogP contribution in [0.4, 0.5) is 13.2 Å². The first-order valence-corrected chi connectivity index (χ1v) is 8.71. The van der Waals surface area contributed by atoms with Crippen molar-refractivity contribution in [2.45, 2.75) is 30.3 Å². The first-order chi connectivity index (χ1) is 11.2. The number of aromatic nitrogens is 2. The molecule has 1 heterocycles. The van der Waals surface area contributed by atoms with E-state index < -0.39 is 21.9 Å². The molecular formula is C15H14F3N3O2S. The van der Waals surface area contributed by atoms with Crippen LogP contribution in [0, 0.1) is 0 Å². The summed E-state index contributed by atoms with van der Waals surface area (Å²) < 4.78 is 63.8. The Hall–Kier alpha value is -2.13. The molecule has 0 radical (unpaired) electrons. The number of allylic oxidation sites excluding steroid dienone is 2. The van der Waals surface area contributed by atoms with Crippen LogP contribution in [0.3, 0.4) is 0 Å². The van der Waals surface area contributed by atoms with Gasteiger partial charge < -0.3 is 0 Å². The van der Waals surface area contributed by atoms with E-state index in [9.17, 15) is 21.6 Å². The lowest BCUT2D eigenvalue weighted by atomic mass is 10.1. The maximum Gasteiger partial charge on any atom is 0.435 e. The van der Waals surface area contributed by atoms with Gasteiger partial charge in [-0.3, -0.25) is 0 Å². The number of para-hydroxylation sites is 1. The molecule has 0 atom stereocenters. The Balaban J connectivity index is 2.27. The van der Waals surface area contributed by atoms with Crippen LogP contribution >= 0.6 is 0 Å². The maximum atomic E-state index is 13.1. The summed E-state index contributed by atoms with van der Waals surface area (Å²) in [5.74, 6) is 0. The summed E-state index contributed by atoms with van der Waals surface area (Å²) >= 11 is 0. The minimum Gasteiger partial charge on any atom is -0.231 e. The summed E-state index contributed by atoms with van der Waals surface area (Å²) in [7, 11) is -4.11. The number of nitrogens with two attached hydrogens (primary N) is 1. The molecule has 0 spiro atoms. The Morgan fingerprint density at radius 1 is 1.21 bits per heavy atom. The van der Waals surface area contributed by atoms with Crippen molar-refractivity contribution in [2.75, 3.05) is 0 Å². The van der Waals surface area contributed by atoms with Gasteiger partial charge in [-0.1, -0.05) is 18.2 Å². The second-order valence-electron chi connectivity index (χ2n) is 5.46. The number of rotatable bonds is 3. The third kappa shape index (κ3) is 3.09. The fourth-order valence-corrected chi connectivity index (χ4v) is 3.42. The Morgan fingerprint density at radius 3 is 2.50 bits per heavy atom. The molecule has 0 amide bonds. The molecule has 3 rings (SSSR count). The van der Waals surface area contributed by atoms with Crippen LogP contribution in [0.1, 0.15) is 30.7 Å². The number of hydrogen-bond acceptors (Lipinski definition) is 3. The third-order valence-corrected chi connectivity index (χ3v) is 4.73. The number of nitrogens with zero attached hydrogens (tertiary/aromatic N) is 2. The SMILES string of the molecule is NS(=O)(=O)c1ccccc1-n1nc(C(F)(F)F)cc1C1=CCCC1. The number of sulfonamides is 1. The predicted octanol–water partition coefficient (Wildman–Crippen LogP) is 3.11. The van der Waals surface area contributed by atoms with Gasteiger partial charge in [-0.05, 0) is 43.0 Å². The van der Waals surface area contributed by atoms with Crippen molar-refractivity contribution in [2.24, 2.45) is 5.14 Å². The normalized spacial score (nSPS) is 15.6. The van der Waals surface area contributed by atoms with Crippen molar-refractivity contribution in [3.05, 3.63) is 47.8 Å². The summed E-state index contributed by atoms with van der Waals surface area (Å²) in [6.07, 6.45) is -0.582. The molecule has 0 unspecified atom stereocenters. The zero-order valence-electron chi connectivity index (χ0n) is 12.4. The molecule has 128 valence electrons. The topological polar surface area (TPSA) is 78.0 Å². The van der Waals surface area contributed by atoms with Gasteiger partial charge in [0.25, 0.3) is 0 Å². The fourth-order valence-electron chi connectivity index (χ4n) is 2.71. The summed E-state index contributed by atoms with van der Waals surface area (Å²) in [6, 6.07) is 6.53. The molecule has 9 heteroatoms. The molecule has 1 aliphatic rings. The molecular weight excluding hydrogens is 343 g/mol. The fraction of sp³-hybridized carbons (Fsp3) is 0.267.